The summed E-state index contributed by atoms with van der Waals surface area (Å²) >= 11 is 0. The van der Waals surface area contributed by atoms with Crippen molar-refractivity contribution in [1.29, 1.82) is 0 Å². The summed E-state index contributed by atoms with van der Waals surface area (Å²) in [7, 11) is 1.60. The van der Waals surface area contributed by atoms with Crippen LogP contribution in [0.25, 0.3) is 0 Å². The number of carbonyl (C=O) groups excluding carboxylic acids is 1. The highest BCUT2D eigenvalue weighted by atomic mass is 16.5. The first-order chi connectivity index (χ1) is 12.7. The zero-order valence-corrected chi connectivity index (χ0v) is 15.2. The van der Waals surface area contributed by atoms with Crippen LogP contribution in [0.4, 0.5) is 5.69 Å². The summed E-state index contributed by atoms with van der Waals surface area (Å²) in [6, 6.07) is 14.4. The second kappa shape index (κ2) is 11.1. The molecule has 0 fully saturated rings. The lowest BCUT2D eigenvalue weighted by molar-refractivity contribution is 0.101. The second-order valence-electron chi connectivity index (χ2n) is 5.36. The Morgan fingerprint density at radius 2 is 1.77 bits per heavy atom. The summed E-state index contributed by atoms with van der Waals surface area (Å²) < 4.78 is 21.4. The van der Waals surface area contributed by atoms with Crippen molar-refractivity contribution in [2.24, 2.45) is 0 Å². The van der Waals surface area contributed by atoms with Gasteiger partial charge in [0.1, 0.15) is 24.7 Å². The number of para-hydroxylation sites is 1. The molecule has 0 aliphatic heterocycles. The number of hydrogen-bond donors (Lipinski definition) is 1. The van der Waals surface area contributed by atoms with Crippen LogP contribution >= 0.6 is 0 Å². The maximum atomic E-state index is 12.6. The van der Waals surface area contributed by atoms with E-state index in [0.717, 1.165) is 0 Å². The molecule has 0 aliphatic rings. The van der Waals surface area contributed by atoms with Crippen LogP contribution in [0, 0.1) is 0 Å². The van der Waals surface area contributed by atoms with E-state index in [4.69, 9.17) is 18.9 Å². The van der Waals surface area contributed by atoms with Gasteiger partial charge in [-0.1, -0.05) is 18.2 Å². The van der Waals surface area contributed by atoms with Crippen molar-refractivity contribution in [2.75, 3.05) is 45.5 Å². The molecule has 0 spiro atoms. The van der Waals surface area contributed by atoms with E-state index in [2.05, 4.69) is 5.32 Å². The molecule has 26 heavy (non-hydrogen) atoms. The number of methoxy groups -OCH3 is 1. The fraction of sp³-hybridized carbons (Fsp3) is 0.350. The quantitative estimate of drug-likeness (QED) is 0.623. The van der Waals surface area contributed by atoms with Gasteiger partial charge in [-0.2, -0.15) is 0 Å². The van der Waals surface area contributed by atoms with Gasteiger partial charge in [-0.25, -0.2) is 0 Å². The number of ether oxygens (including phenoxy) is 4. The van der Waals surface area contributed by atoms with Crippen LogP contribution in [0.5, 0.6) is 11.5 Å². The molecule has 6 nitrogen and oxygen atoms in total. The molecule has 2 aromatic carbocycles. The zero-order valence-electron chi connectivity index (χ0n) is 15.2. The van der Waals surface area contributed by atoms with Gasteiger partial charge in [0.05, 0.1) is 18.8 Å². The molecule has 140 valence electrons. The number of nitrogens with one attached hydrogen (secondary N) is 1. The number of benzene rings is 2. The van der Waals surface area contributed by atoms with E-state index in [0.29, 0.717) is 55.8 Å². The van der Waals surface area contributed by atoms with E-state index in [1.54, 1.807) is 31.4 Å². The Balaban J connectivity index is 1.99. The molecule has 2 aromatic rings. The van der Waals surface area contributed by atoms with Crippen LogP contribution < -0.4 is 14.8 Å². The SMILES string of the molecule is CCOCCOc1cccc(NC(=O)c2ccccc2OCCOC)c1. The van der Waals surface area contributed by atoms with Gasteiger partial charge in [0, 0.05) is 25.5 Å². The Kier molecular flexibility index (Phi) is 8.45. The van der Waals surface area contributed by atoms with Gasteiger partial charge in [0.25, 0.3) is 5.91 Å². The molecule has 1 amide bonds. The van der Waals surface area contributed by atoms with Crippen molar-refractivity contribution in [1.82, 2.24) is 0 Å². The molecule has 2 rings (SSSR count). The lowest BCUT2D eigenvalue weighted by Crippen LogP contribution is -2.15. The highest BCUT2D eigenvalue weighted by Gasteiger charge is 2.12. The van der Waals surface area contributed by atoms with Crippen LogP contribution in [-0.2, 0) is 9.47 Å². The largest absolute Gasteiger partial charge is 0.491 e. The van der Waals surface area contributed by atoms with Crippen molar-refractivity contribution in [3.8, 4) is 11.5 Å². The third kappa shape index (κ3) is 6.38. The van der Waals surface area contributed by atoms with E-state index >= 15 is 0 Å². The standard InChI is InChI=1S/C20H25NO5/c1-3-24-12-14-25-17-8-6-7-16(15-17)21-20(22)18-9-4-5-10-19(18)26-13-11-23-2/h4-10,15H,3,11-14H2,1-2H3,(H,21,22). The Labute approximate surface area is 154 Å². The van der Waals surface area contributed by atoms with Crippen molar-refractivity contribution < 1.29 is 23.7 Å². The average Bonchev–Trinajstić information content (AvgIpc) is 2.66. The van der Waals surface area contributed by atoms with Gasteiger partial charge in [-0.3, -0.25) is 4.79 Å². The monoisotopic (exact) mass is 359 g/mol. The molecule has 0 bridgehead atoms. The van der Waals surface area contributed by atoms with Crippen LogP contribution in [0.1, 0.15) is 17.3 Å². The minimum atomic E-state index is -0.246. The fourth-order valence-corrected chi connectivity index (χ4v) is 2.24. The van der Waals surface area contributed by atoms with Crippen LogP contribution in [0.2, 0.25) is 0 Å². The Hall–Kier alpha value is -2.57. The summed E-state index contributed by atoms with van der Waals surface area (Å²) in [5, 5.41) is 2.87. The lowest BCUT2D eigenvalue weighted by atomic mass is 10.2. The van der Waals surface area contributed by atoms with Crippen LogP contribution in [0.15, 0.2) is 48.5 Å². The molecular weight excluding hydrogens is 334 g/mol. The number of anilines is 1. The van der Waals surface area contributed by atoms with Crippen molar-refractivity contribution in [3.63, 3.8) is 0 Å². The van der Waals surface area contributed by atoms with Gasteiger partial charge in [-0.05, 0) is 31.2 Å². The fourth-order valence-electron chi connectivity index (χ4n) is 2.24. The number of rotatable bonds is 11. The lowest BCUT2D eigenvalue weighted by Gasteiger charge is -2.12. The van der Waals surface area contributed by atoms with Gasteiger partial charge >= 0.3 is 0 Å². The molecule has 0 aliphatic carbocycles. The van der Waals surface area contributed by atoms with Crippen molar-refractivity contribution >= 4 is 11.6 Å². The zero-order chi connectivity index (χ0) is 18.6. The third-order valence-corrected chi connectivity index (χ3v) is 3.47. The van der Waals surface area contributed by atoms with E-state index in [-0.39, 0.29) is 5.91 Å². The molecule has 0 radical (unpaired) electrons. The minimum Gasteiger partial charge on any atom is -0.491 e. The first-order valence-corrected chi connectivity index (χ1v) is 8.57. The smallest absolute Gasteiger partial charge is 0.259 e. The van der Waals surface area contributed by atoms with Gasteiger partial charge in [0.15, 0.2) is 0 Å². The Bertz CT molecular complexity index is 689. The Morgan fingerprint density at radius 3 is 2.58 bits per heavy atom. The van der Waals surface area contributed by atoms with E-state index in [1.807, 2.05) is 31.2 Å². The number of carbonyl (C=O) groups is 1. The number of hydrogen-bond acceptors (Lipinski definition) is 5. The topological polar surface area (TPSA) is 66.0 Å². The van der Waals surface area contributed by atoms with Crippen LogP contribution in [0.3, 0.4) is 0 Å². The second-order valence-corrected chi connectivity index (χ2v) is 5.36. The molecule has 6 heteroatoms. The average molecular weight is 359 g/mol. The van der Waals surface area contributed by atoms with Crippen molar-refractivity contribution in [3.05, 3.63) is 54.1 Å². The van der Waals surface area contributed by atoms with E-state index in [1.165, 1.54) is 0 Å². The minimum absolute atomic E-state index is 0.246. The molecule has 1 N–H and O–H groups in total. The summed E-state index contributed by atoms with van der Waals surface area (Å²) in [5.41, 5.74) is 1.11. The van der Waals surface area contributed by atoms with E-state index in [9.17, 15) is 4.79 Å². The third-order valence-electron chi connectivity index (χ3n) is 3.47. The molecule has 0 saturated carbocycles. The molecule has 0 aromatic heterocycles. The summed E-state index contributed by atoms with van der Waals surface area (Å²) in [4.78, 5) is 12.6. The summed E-state index contributed by atoms with van der Waals surface area (Å²) in [6.07, 6.45) is 0. The predicted octanol–water partition coefficient (Wildman–Crippen LogP) is 3.38. The highest BCUT2D eigenvalue weighted by molar-refractivity contribution is 6.06. The van der Waals surface area contributed by atoms with Gasteiger partial charge in [-0.15, -0.1) is 0 Å². The maximum Gasteiger partial charge on any atom is 0.259 e. The van der Waals surface area contributed by atoms with Gasteiger partial charge < -0.3 is 24.3 Å². The van der Waals surface area contributed by atoms with Gasteiger partial charge in [0.2, 0.25) is 0 Å². The predicted molar refractivity (Wildman–Crippen MR) is 100 cm³/mol. The number of amides is 1. The molecule has 0 atom stereocenters. The molecule has 0 saturated heterocycles. The Morgan fingerprint density at radius 1 is 0.962 bits per heavy atom. The summed E-state index contributed by atoms with van der Waals surface area (Å²) in [5.74, 6) is 0.947. The molecule has 0 heterocycles. The van der Waals surface area contributed by atoms with E-state index < -0.39 is 0 Å². The first kappa shape index (κ1) is 19.8. The highest BCUT2D eigenvalue weighted by Crippen LogP contribution is 2.22. The molecule has 0 unspecified atom stereocenters. The summed E-state index contributed by atoms with van der Waals surface area (Å²) in [6.45, 7) is 4.42. The molecular formula is C20H25NO5. The van der Waals surface area contributed by atoms with Crippen LogP contribution in [-0.4, -0.2) is 46.1 Å². The maximum absolute atomic E-state index is 12.6. The first-order valence-electron chi connectivity index (χ1n) is 8.57. The normalized spacial score (nSPS) is 10.4. The van der Waals surface area contributed by atoms with Crippen molar-refractivity contribution in [2.45, 2.75) is 6.92 Å².